The summed E-state index contributed by atoms with van der Waals surface area (Å²) in [5.74, 6) is 0.189. The molecule has 0 saturated carbocycles. The van der Waals surface area contributed by atoms with Gasteiger partial charge >= 0.3 is 0 Å². The van der Waals surface area contributed by atoms with Crippen molar-refractivity contribution >= 4 is 5.91 Å². The third-order valence-corrected chi connectivity index (χ3v) is 5.32. The molecule has 1 aromatic heterocycles. The second-order valence-electron chi connectivity index (χ2n) is 7.51. The summed E-state index contributed by atoms with van der Waals surface area (Å²) in [4.78, 5) is 16.6. The fourth-order valence-electron chi connectivity index (χ4n) is 3.89. The number of para-hydroxylation sites is 1. The Balaban J connectivity index is 1.69. The molecule has 28 heavy (non-hydrogen) atoms. The Morgan fingerprint density at radius 2 is 1.75 bits per heavy atom. The van der Waals surface area contributed by atoms with Gasteiger partial charge in [0.2, 0.25) is 5.91 Å². The van der Waals surface area contributed by atoms with Crippen LogP contribution in [0.3, 0.4) is 0 Å². The molecule has 0 aliphatic carbocycles. The quantitative estimate of drug-likeness (QED) is 0.685. The Morgan fingerprint density at radius 1 is 1.07 bits per heavy atom. The van der Waals surface area contributed by atoms with Crippen LogP contribution in [0.4, 0.5) is 0 Å². The summed E-state index contributed by atoms with van der Waals surface area (Å²) in [7, 11) is 3.67. The van der Waals surface area contributed by atoms with E-state index in [9.17, 15) is 4.79 Å². The van der Waals surface area contributed by atoms with Crippen LogP contribution in [-0.2, 0) is 11.3 Å². The highest BCUT2D eigenvalue weighted by Gasteiger charge is 2.32. The molecule has 5 nitrogen and oxygen atoms in total. The van der Waals surface area contributed by atoms with Gasteiger partial charge in [-0.05, 0) is 31.5 Å². The average Bonchev–Trinajstić information content (AvgIpc) is 3.36. The van der Waals surface area contributed by atoms with Crippen LogP contribution in [0.5, 0.6) is 0 Å². The lowest BCUT2D eigenvalue weighted by atomic mass is 10.1. The fourth-order valence-corrected chi connectivity index (χ4v) is 3.89. The standard InChI is InChI=1S/C23H26N4O/c1-25(2)23(28)21-14-9-15-26(21)16-19-17-27(20-12-7-4-8-13-20)24-22(19)18-10-5-3-6-11-18/h3-8,10-13,17,21H,9,14-16H2,1-2H3. The molecule has 0 spiro atoms. The Bertz CT molecular complexity index is 934. The zero-order valence-corrected chi connectivity index (χ0v) is 16.5. The predicted molar refractivity (Wildman–Crippen MR) is 111 cm³/mol. The van der Waals surface area contributed by atoms with E-state index in [0.717, 1.165) is 48.4 Å². The number of aromatic nitrogens is 2. The van der Waals surface area contributed by atoms with Crippen LogP contribution in [0, 0.1) is 0 Å². The monoisotopic (exact) mass is 374 g/mol. The van der Waals surface area contributed by atoms with Gasteiger partial charge in [0.1, 0.15) is 0 Å². The number of carbonyl (C=O) groups excluding carboxylic acids is 1. The smallest absolute Gasteiger partial charge is 0.239 e. The molecule has 144 valence electrons. The SMILES string of the molecule is CN(C)C(=O)C1CCCN1Cc1cn(-c2ccccc2)nc1-c1ccccc1. The van der Waals surface area contributed by atoms with Crippen molar-refractivity contribution in [1.29, 1.82) is 0 Å². The third kappa shape index (κ3) is 3.71. The van der Waals surface area contributed by atoms with E-state index in [0.29, 0.717) is 0 Å². The Hall–Kier alpha value is -2.92. The maximum absolute atomic E-state index is 12.6. The van der Waals surface area contributed by atoms with E-state index in [4.69, 9.17) is 5.10 Å². The lowest BCUT2D eigenvalue weighted by molar-refractivity contribution is -0.133. The molecule has 4 rings (SSSR count). The van der Waals surface area contributed by atoms with Crippen LogP contribution < -0.4 is 0 Å². The number of likely N-dealkylation sites (N-methyl/N-ethyl adjacent to an activating group) is 1. The summed E-state index contributed by atoms with van der Waals surface area (Å²) in [5.41, 5.74) is 4.26. The van der Waals surface area contributed by atoms with Crippen LogP contribution in [0.2, 0.25) is 0 Å². The fraction of sp³-hybridized carbons (Fsp3) is 0.304. The topological polar surface area (TPSA) is 41.4 Å². The highest BCUT2D eigenvalue weighted by atomic mass is 16.2. The number of hydrogen-bond donors (Lipinski definition) is 0. The molecule has 3 aromatic rings. The van der Waals surface area contributed by atoms with Gasteiger partial charge in [-0.25, -0.2) is 4.68 Å². The lowest BCUT2D eigenvalue weighted by Gasteiger charge is -2.25. The van der Waals surface area contributed by atoms with Gasteiger partial charge in [-0.3, -0.25) is 9.69 Å². The van der Waals surface area contributed by atoms with Crippen LogP contribution in [0.15, 0.2) is 66.9 Å². The van der Waals surface area contributed by atoms with Gasteiger partial charge in [0.15, 0.2) is 0 Å². The van der Waals surface area contributed by atoms with E-state index in [1.165, 1.54) is 0 Å². The van der Waals surface area contributed by atoms with E-state index in [1.807, 2.05) is 55.2 Å². The van der Waals surface area contributed by atoms with Gasteiger partial charge in [-0.1, -0.05) is 48.5 Å². The molecule has 1 amide bonds. The van der Waals surface area contributed by atoms with E-state index in [-0.39, 0.29) is 11.9 Å². The molecule has 2 aromatic carbocycles. The van der Waals surface area contributed by atoms with Crippen molar-refractivity contribution in [3.05, 3.63) is 72.4 Å². The number of carbonyl (C=O) groups is 1. The lowest BCUT2D eigenvalue weighted by Crippen LogP contribution is -2.42. The summed E-state index contributed by atoms with van der Waals surface area (Å²) in [5, 5.41) is 4.89. The van der Waals surface area contributed by atoms with E-state index < -0.39 is 0 Å². The molecule has 0 N–H and O–H groups in total. The van der Waals surface area contributed by atoms with Crippen molar-refractivity contribution in [3.8, 4) is 16.9 Å². The minimum Gasteiger partial charge on any atom is -0.347 e. The number of hydrogen-bond acceptors (Lipinski definition) is 3. The second-order valence-corrected chi connectivity index (χ2v) is 7.51. The van der Waals surface area contributed by atoms with E-state index >= 15 is 0 Å². The first-order valence-electron chi connectivity index (χ1n) is 9.78. The van der Waals surface area contributed by atoms with E-state index in [1.54, 1.807) is 4.90 Å². The van der Waals surface area contributed by atoms with Gasteiger partial charge in [0.05, 0.1) is 17.4 Å². The molecule has 1 unspecified atom stereocenters. The van der Waals surface area contributed by atoms with Crippen LogP contribution >= 0.6 is 0 Å². The first-order valence-corrected chi connectivity index (χ1v) is 9.78. The Labute approximate surface area is 166 Å². The number of likely N-dealkylation sites (tertiary alicyclic amines) is 1. The van der Waals surface area contributed by atoms with Crippen molar-refractivity contribution in [1.82, 2.24) is 19.6 Å². The van der Waals surface area contributed by atoms with Gasteiger partial charge in [0.25, 0.3) is 0 Å². The molecule has 1 aliphatic heterocycles. The number of rotatable bonds is 5. The number of amides is 1. The summed E-state index contributed by atoms with van der Waals surface area (Å²) in [6.07, 6.45) is 4.08. The molecule has 1 aliphatic rings. The van der Waals surface area contributed by atoms with Crippen LogP contribution in [0.25, 0.3) is 16.9 Å². The van der Waals surface area contributed by atoms with Gasteiger partial charge < -0.3 is 4.90 Å². The van der Waals surface area contributed by atoms with Gasteiger partial charge in [-0.2, -0.15) is 5.10 Å². The largest absolute Gasteiger partial charge is 0.347 e. The number of nitrogens with zero attached hydrogens (tertiary/aromatic N) is 4. The van der Waals surface area contributed by atoms with E-state index in [2.05, 4.69) is 35.4 Å². The molecule has 5 heteroatoms. The highest BCUT2D eigenvalue weighted by molar-refractivity contribution is 5.81. The zero-order valence-electron chi connectivity index (χ0n) is 16.5. The Morgan fingerprint density at radius 3 is 2.43 bits per heavy atom. The maximum atomic E-state index is 12.6. The van der Waals surface area contributed by atoms with Gasteiger partial charge in [-0.15, -0.1) is 0 Å². The molecule has 0 bridgehead atoms. The zero-order chi connectivity index (χ0) is 19.5. The molecular formula is C23H26N4O. The molecule has 1 fully saturated rings. The average molecular weight is 374 g/mol. The maximum Gasteiger partial charge on any atom is 0.239 e. The molecular weight excluding hydrogens is 348 g/mol. The second kappa shape index (κ2) is 7.98. The molecule has 0 radical (unpaired) electrons. The minimum atomic E-state index is -0.0429. The molecule has 1 atom stereocenters. The summed E-state index contributed by atoms with van der Waals surface area (Å²) in [6, 6.07) is 20.4. The predicted octanol–water partition coefficient (Wildman–Crippen LogP) is 3.59. The first-order chi connectivity index (χ1) is 13.6. The van der Waals surface area contributed by atoms with Crippen molar-refractivity contribution in [2.24, 2.45) is 0 Å². The van der Waals surface area contributed by atoms with Crippen LogP contribution in [-0.4, -0.2) is 52.2 Å². The summed E-state index contributed by atoms with van der Waals surface area (Å²) >= 11 is 0. The summed E-state index contributed by atoms with van der Waals surface area (Å²) < 4.78 is 1.94. The first kappa shape index (κ1) is 18.4. The molecule has 2 heterocycles. The van der Waals surface area contributed by atoms with Crippen LogP contribution in [0.1, 0.15) is 18.4 Å². The minimum absolute atomic E-state index is 0.0429. The van der Waals surface area contributed by atoms with Gasteiger partial charge in [0, 0.05) is 38.0 Å². The molecule has 1 saturated heterocycles. The number of benzene rings is 2. The van der Waals surface area contributed by atoms with Crippen molar-refractivity contribution in [2.45, 2.75) is 25.4 Å². The highest BCUT2D eigenvalue weighted by Crippen LogP contribution is 2.28. The normalized spacial score (nSPS) is 17.0. The van der Waals surface area contributed by atoms with Crippen molar-refractivity contribution in [2.75, 3.05) is 20.6 Å². The van der Waals surface area contributed by atoms with Crippen molar-refractivity contribution < 1.29 is 4.79 Å². The summed E-state index contributed by atoms with van der Waals surface area (Å²) in [6.45, 7) is 1.66. The van der Waals surface area contributed by atoms with Crippen molar-refractivity contribution in [3.63, 3.8) is 0 Å². The Kier molecular flexibility index (Phi) is 5.26. The third-order valence-electron chi connectivity index (χ3n) is 5.32.